The van der Waals surface area contributed by atoms with Crippen LogP contribution in [0, 0.1) is 0 Å². The number of hydrogen-bond acceptors (Lipinski definition) is 1. The zero-order valence-corrected chi connectivity index (χ0v) is 6.02. The molecule has 0 amide bonds. The van der Waals surface area contributed by atoms with E-state index in [1.807, 2.05) is 6.21 Å². The van der Waals surface area contributed by atoms with Gasteiger partial charge in [0.15, 0.2) is 0 Å². The third-order valence-corrected chi connectivity index (χ3v) is 0.821. The molecule has 0 saturated carbocycles. The van der Waals surface area contributed by atoms with Crippen LogP contribution in [0.4, 0.5) is 0 Å². The predicted molar refractivity (Wildman–Crippen MR) is 38.5 cm³/mol. The molecular weight excluding hydrogens is 98.1 g/mol. The third kappa shape index (κ3) is 5.67. The first-order valence-corrected chi connectivity index (χ1v) is 3.29. The molecule has 0 atom stereocenters. The van der Waals surface area contributed by atoms with E-state index in [9.17, 15) is 0 Å². The molecule has 0 unspecified atom stereocenters. The van der Waals surface area contributed by atoms with Crippen molar-refractivity contribution in [3.63, 3.8) is 0 Å². The topological polar surface area (TPSA) is 12.4 Å². The predicted octanol–water partition coefficient (Wildman–Crippen LogP) is 2.27. The van der Waals surface area contributed by atoms with E-state index in [-0.39, 0.29) is 0 Å². The molecule has 0 aliphatic carbocycles. The maximum absolute atomic E-state index is 4.19. The van der Waals surface area contributed by atoms with Crippen molar-refractivity contribution in [2.45, 2.75) is 39.7 Å². The fraction of sp³-hybridized carbons (Fsp3) is 0.857. The van der Waals surface area contributed by atoms with Crippen molar-refractivity contribution >= 4 is 6.21 Å². The Morgan fingerprint density at radius 2 is 2.12 bits per heavy atom. The second kappa shape index (κ2) is 4.82. The standard InChI is InChI=1S/C7H15N/c1-4-5-6-8-7(2)3/h6-7H,4-5H2,1-3H3. The monoisotopic (exact) mass is 113 g/mol. The van der Waals surface area contributed by atoms with Gasteiger partial charge < -0.3 is 0 Å². The Morgan fingerprint density at radius 1 is 1.50 bits per heavy atom. The molecule has 0 saturated heterocycles. The Hall–Kier alpha value is -0.330. The Bertz CT molecular complexity index is 64.8. The Morgan fingerprint density at radius 3 is 2.50 bits per heavy atom. The summed E-state index contributed by atoms with van der Waals surface area (Å²) in [6, 6.07) is 0.474. The first-order chi connectivity index (χ1) is 3.77. The van der Waals surface area contributed by atoms with Gasteiger partial charge in [0.1, 0.15) is 0 Å². The fourth-order valence-corrected chi connectivity index (χ4v) is 0.414. The van der Waals surface area contributed by atoms with Crippen molar-refractivity contribution < 1.29 is 0 Å². The van der Waals surface area contributed by atoms with Crippen LogP contribution in [0.1, 0.15) is 33.6 Å². The van der Waals surface area contributed by atoms with Crippen molar-refractivity contribution in [1.29, 1.82) is 0 Å². The fourth-order valence-electron chi connectivity index (χ4n) is 0.414. The smallest absolute Gasteiger partial charge is 0.0439 e. The third-order valence-electron chi connectivity index (χ3n) is 0.821. The zero-order valence-electron chi connectivity index (χ0n) is 6.02. The molecule has 0 rings (SSSR count). The van der Waals surface area contributed by atoms with Crippen LogP contribution in [0.2, 0.25) is 0 Å². The molecule has 0 aliphatic heterocycles. The van der Waals surface area contributed by atoms with Crippen LogP contribution < -0.4 is 0 Å². The molecular formula is C7H15N. The van der Waals surface area contributed by atoms with Gasteiger partial charge in [-0.2, -0.15) is 0 Å². The lowest BCUT2D eigenvalue weighted by Gasteiger charge is -1.91. The molecule has 0 spiro atoms. The van der Waals surface area contributed by atoms with Crippen LogP contribution in [0.15, 0.2) is 4.99 Å². The van der Waals surface area contributed by atoms with Crippen molar-refractivity contribution in [3.8, 4) is 0 Å². The highest BCUT2D eigenvalue weighted by Gasteiger charge is 1.80. The second-order valence-corrected chi connectivity index (χ2v) is 2.21. The van der Waals surface area contributed by atoms with Gasteiger partial charge in [0.05, 0.1) is 0 Å². The molecule has 0 aromatic heterocycles. The Labute approximate surface area is 51.8 Å². The molecule has 0 bridgehead atoms. The quantitative estimate of drug-likeness (QED) is 0.498. The van der Waals surface area contributed by atoms with Crippen LogP contribution in [0.3, 0.4) is 0 Å². The Balaban J connectivity index is 3.07. The lowest BCUT2D eigenvalue weighted by molar-refractivity contribution is 0.832. The minimum absolute atomic E-state index is 0.474. The summed E-state index contributed by atoms with van der Waals surface area (Å²) in [5.74, 6) is 0. The van der Waals surface area contributed by atoms with Crippen molar-refractivity contribution in [2.75, 3.05) is 0 Å². The van der Waals surface area contributed by atoms with Gasteiger partial charge in [0, 0.05) is 6.04 Å². The van der Waals surface area contributed by atoms with E-state index in [0.29, 0.717) is 6.04 Å². The first-order valence-electron chi connectivity index (χ1n) is 3.29. The average molecular weight is 113 g/mol. The molecule has 0 N–H and O–H groups in total. The Kier molecular flexibility index (Phi) is 4.62. The summed E-state index contributed by atoms with van der Waals surface area (Å²) in [4.78, 5) is 4.19. The van der Waals surface area contributed by atoms with Gasteiger partial charge in [-0.05, 0) is 26.5 Å². The summed E-state index contributed by atoms with van der Waals surface area (Å²) in [6.07, 6.45) is 4.33. The largest absolute Gasteiger partial charge is 0.295 e. The molecule has 0 aromatic carbocycles. The normalized spacial score (nSPS) is 11.5. The number of unbranched alkanes of at least 4 members (excludes halogenated alkanes) is 1. The molecule has 0 aliphatic rings. The lowest BCUT2D eigenvalue weighted by Crippen LogP contribution is -1.87. The minimum atomic E-state index is 0.474. The SMILES string of the molecule is CCCC=NC(C)C. The van der Waals surface area contributed by atoms with Crippen molar-refractivity contribution in [2.24, 2.45) is 4.99 Å². The number of rotatable bonds is 3. The van der Waals surface area contributed by atoms with E-state index in [0.717, 1.165) is 6.42 Å². The molecule has 1 heteroatoms. The van der Waals surface area contributed by atoms with Crippen molar-refractivity contribution in [1.82, 2.24) is 0 Å². The van der Waals surface area contributed by atoms with Crippen LogP contribution in [-0.4, -0.2) is 12.3 Å². The molecule has 0 fully saturated rings. The van der Waals surface area contributed by atoms with Gasteiger partial charge in [0.2, 0.25) is 0 Å². The summed E-state index contributed by atoms with van der Waals surface area (Å²) in [6.45, 7) is 6.34. The molecule has 0 heterocycles. The van der Waals surface area contributed by atoms with Crippen LogP contribution in [0.25, 0.3) is 0 Å². The van der Waals surface area contributed by atoms with Crippen LogP contribution in [0.5, 0.6) is 0 Å². The van der Waals surface area contributed by atoms with Gasteiger partial charge in [-0.15, -0.1) is 0 Å². The second-order valence-electron chi connectivity index (χ2n) is 2.21. The lowest BCUT2D eigenvalue weighted by atomic mass is 10.3. The highest BCUT2D eigenvalue weighted by molar-refractivity contribution is 5.57. The molecule has 0 aromatic rings. The van der Waals surface area contributed by atoms with E-state index in [1.165, 1.54) is 6.42 Å². The molecule has 1 nitrogen and oxygen atoms in total. The number of hydrogen-bond donors (Lipinski definition) is 0. The van der Waals surface area contributed by atoms with Crippen LogP contribution >= 0.6 is 0 Å². The number of aliphatic imine (C=N–C) groups is 1. The maximum Gasteiger partial charge on any atom is 0.0439 e. The van der Waals surface area contributed by atoms with Gasteiger partial charge in [-0.3, -0.25) is 4.99 Å². The average Bonchev–Trinajstić information content (AvgIpc) is 1.66. The van der Waals surface area contributed by atoms with Crippen molar-refractivity contribution in [3.05, 3.63) is 0 Å². The summed E-state index contributed by atoms with van der Waals surface area (Å²) in [5, 5.41) is 0. The summed E-state index contributed by atoms with van der Waals surface area (Å²) in [7, 11) is 0. The summed E-state index contributed by atoms with van der Waals surface area (Å²) >= 11 is 0. The van der Waals surface area contributed by atoms with Gasteiger partial charge >= 0.3 is 0 Å². The zero-order chi connectivity index (χ0) is 6.41. The van der Waals surface area contributed by atoms with E-state index in [4.69, 9.17) is 0 Å². The molecule has 48 valence electrons. The summed E-state index contributed by atoms with van der Waals surface area (Å²) in [5.41, 5.74) is 0. The molecule has 0 radical (unpaired) electrons. The summed E-state index contributed by atoms with van der Waals surface area (Å²) < 4.78 is 0. The van der Waals surface area contributed by atoms with E-state index in [2.05, 4.69) is 25.8 Å². The van der Waals surface area contributed by atoms with Gasteiger partial charge in [-0.1, -0.05) is 13.3 Å². The molecule has 8 heavy (non-hydrogen) atoms. The van der Waals surface area contributed by atoms with Gasteiger partial charge in [0.25, 0.3) is 0 Å². The maximum atomic E-state index is 4.19. The highest BCUT2D eigenvalue weighted by atomic mass is 14.7. The van der Waals surface area contributed by atoms with E-state index >= 15 is 0 Å². The van der Waals surface area contributed by atoms with Gasteiger partial charge in [-0.25, -0.2) is 0 Å². The highest BCUT2D eigenvalue weighted by Crippen LogP contribution is 1.86. The van der Waals surface area contributed by atoms with Crippen LogP contribution in [-0.2, 0) is 0 Å². The number of nitrogens with zero attached hydrogens (tertiary/aromatic N) is 1. The van der Waals surface area contributed by atoms with E-state index < -0.39 is 0 Å². The minimum Gasteiger partial charge on any atom is -0.295 e. The first kappa shape index (κ1) is 7.67. The van der Waals surface area contributed by atoms with E-state index in [1.54, 1.807) is 0 Å².